The lowest BCUT2D eigenvalue weighted by Crippen LogP contribution is -2.39. The highest BCUT2D eigenvalue weighted by molar-refractivity contribution is 7.92. The molecule has 1 N–H and O–H groups in total. The van der Waals surface area contributed by atoms with Gasteiger partial charge in [-0.1, -0.05) is 250 Å². The van der Waals surface area contributed by atoms with E-state index >= 15 is 0 Å². The lowest BCUT2D eigenvalue weighted by Gasteiger charge is -2.26. The van der Waals surface area contributed by atoms with Crippen molar-refractivity contribution in [2.24, 2.45) is 50.2 Å². The Morgan fingerprint density at radius 1 is 0.620 bits per heavy atom. The molecule has 0 amide bonds. The summed E-state index contributed by atoms with van der Waals surface area (Å²) in [7, 11) is -3.26. The average Bonchev–Trinajstić information content (AvgIpc) is 1.67. The van der Waals surface area contributed by atoms with Crippen LogP contribution in [-0.4, -0.2) is 143 Å². The fourth-order valence-corrected chi connectivity index (χ4v) is 8.11. The van der Waals surface area contributed by atoms with Crippen molar-refractivity contribution in [1.82, 2.24) is 24.2 Å². The lowest BCUT2D eigenvalue weighted by molar-refractivity contribution is -0.145. The number of nitriles is 1. The van der Waals surface area contributed by atoms with Crippen LogP contribution >= 0.6 is 0 Å². The van der Waals surface area contributed by atoms with Gasteiger partial charge in [-0.25, -0.2) is 46.9 Å². The van der Waals surface area contributed by atoms with E-state index in [0.29, 0.717) is 55.5 Å². The summed E-state index contributed by atoms with van der Waals surface area (Å²) in [5.74, 6) is 1.72. The van der Waals surface area contributed by atoms with Crippen LogP contribution in [0.2, 0.25) is 0 Å². The number of allylic oxidation sites excluding steroid dienone is 4. The first kappa shape index (κ1) is 143. The molecule has 0 radical (unpaired) electrons. The maximum absolute atomic E-state index is 12.3. The normalized spacial score (nSPS) is 11.2. The fourth-order valence-electron chi connectivity index (χ4n) is 7.18. The number of nitrogens with zero attached hydrogens (tertiary/aromatic N) is 5. The number of hydrogen-bond donors (Lipinski definition) is 1. The SMILES string of the molecule is C#CC(=O)CC(C)(C)C.C=C(COC(C)C)C(=O)OCC.C=CC(=O)CC(C)(C)C.C=CC(=O)OC(C=C)C(C)(C)C.C=CC(C)(C)C.C=CS(=O)(=O)NC(C)(C)C.C=Cc1nccn1CC(C)(C)C.CC(=O)CC(=O)C(C)C.CC(C)(C)c1cnc(F)nc1.CC(C)=CC(=O)CC(C)(C)C.CC(C)C(=O)CC#N.CC(C)C(=O)CF.CCOC(=O)/C=C/COC(C)(C)C. The van der Waals surface area contributed by atoms with Crippen LogP contribution in [0.3, 0.4) is 0 Å². The Kier molecular flexibility index (Phi) is 82.4. The molecule has 740 valence electrons. The number of rotatable bonds is 28. The Labute approximate surface area is 782 Å². The second kappa shape index (κ2) is 74.4. The Hall–Kier alpha value is -9.21. The van der Waals surface area contributed by atoms with Crippen molar-refractivity contribution in [3.05, 3.63) is 147 Å². The average molecular weight is 1840 g/mol. The molecule has 2 rings (SSSR count). The van der Waals surface area contributed by atoms with Gasteiger partial charge in [-0.2, -0.15) is 9.65 Å². The van der Waals surface area contributed by atoms with E-state index in [1.807, 2.05) is 150 Å². The second-order valence-electron chi connectivity index (χ2n) is 40.6. The fraction of sp³-hybridized carbons (Fsp3) is 0.631. The third kappa shape index (κ3) is 119. The summed E-state index contributed by atoms with van der Waals surface area (Å²) in [6.45, 7) is 104. The molecule has 0 aliphatic rings. The van der Waals surface area contributed by atoms with Gasteiger partial charge in [-0.05, 0) is 152 Å². The van der Waals surface area contributed by atoms with Gasteiger partial charge in [0.2, 0.25) is 15.8 Å². The van der Waals surface area contributed by atoms with Crippen molar-refractivity contribution in [1.29, 1.82) is 5.26 Å². The van der Waals surface area contributed by atoms with Gasteiger partial charge in [0, 0.05) is 96.9 Å². The lowest BCUT2D eigenvalue weighted by atomic mass is 9.89. The summed E-state index contributed by atoms with van der Waals surface area (Å²) in [6, 6.07) is 1.80. The van der Waals surface area contributed by atoms with E-state index in [1.165, 1.54) is 31.5 Å². The van der Waals surface area contributed by atoms with Crippen molar-refractivity contribution in [2.75, 3.05) is 33.1 Å². The molecule has 26 heteroatoms. The van der Waals surface area contributed by atoms with Gasteiger partial charge in [0.25, 0.3) is 0 Å². The van der Waals surface area contributed by atoms with E-state index in [4.69, 9.17) is 35.4 Å². The number of nitrogens with one attached hydrogen (secondary N) is 1. The molecule has 0 spiro atoms. The van der Waals surface area contributed by atoms with Crippen molar-refractivity contribution in [3.63, 3.8) is 0 Å². The number of terminal acetylenes is 1. The highest BCUT2D eigenvalue weighted by Gasteiger charge is 2.25. The molecule has 2 heterocycles. The summed E-state index contributed by atoms with van der Waals surface area (Å²) in [6.07, 6.45) is 25.4. The molecule has 1 atom stereocenters. The number of esters is 3. The number of aromatic nitrogens is 4. The van der Waals surface area contributed by atoms with Crippen LogP contribution < -0.4 is 4.72 Å². The summed E-state index contributed by atoms with van der Waals surface area (Å²) in [4.78, 5) is 118. The Morgan fingerprint density at radius 2 is 1.06 bits per heavy atom. The molecule has 129 heavy (non-hydrogen) atoms. The Bertz CT molecular complexity index is 3870. The standard InChI is InChI=1S/C10H16N2.C10H18O3.C10H16O2.C10H18O.C9H16O3.C8H11FN2.C8H14O.C8H12O.C7H12O2.C6H13NO2S.C6H9NO.C6H12.C5H9FO/c1-5-9-11-6-7-12(9)8-10(2,3)4;1-5-12-9(11)7-6-8-13-10(2,3)4;1-6-8(10(3,4)5)12-9(11)7-2;1-8(2)6-9(11)7-10(3,4)5;1-5-11-9(10)8(4)6-12-7(2)3;1-8(2,3)6-4-10-7(9)11-5-6;2*1-5-7(9)6-8(2,3)4;1-5(2)7(9)4-6(3)8;1-5-10(8,9)7-6(2,3)4;1-5(2)6(8)3-4-7;1-5-6(2,3)4;1-4(2)5(7)3-6/h5-7H,1,8H2,2-4H3;6-7H,5,8H2,1-4H3;6-8H,1-2H2,3-5H3;6H,7H2,1-5H3;7H,4-6H2,1-3H3;4-5H,1-3H3;5H,1,6H2,2-4H3;1H,6H2,2-4H3;5H,4H2,1-3H3;5,7H,1H2,2-4H3;5H,3H2,1-2H3;5H,1H2,2-4H3;4H,3H2,1-2H3/b;7-6+;;;;;;;;;;;. The zero-order valence-corrected chi connectivity index (χ0v) is 88.4. The molecule has 0 saturated carbocycles. The third-order valence-electron chi connectivity index (χ3n) is 13.8. The number of ether oxygens (including phenoxy) is 5. The van der Waals surface area contributed by atoms with Crippen LogP contribution in [0.4, 0.5) is 8.78 Å². The molecule has 0 saturated heterocycles. The van der Waals surface area contributed by atoms with E-state index in [-0.39, 0.29) is 135 Å². The number of alkyl halides is 1. The molecule has 0 aliphatic heterocycles. The van der Waals surface area contributed by atoms with E-state index in [2.05, 4.69) is 139 Å². The second-order valence-corrected chi connectivity index (χ2v) is 42.2. The molecular weight excluding hydrogens is 1660 g/mol. The molecule has 0 aliphatic carbocycles. The zero-order valence-electron chi connectivity index (χ0n) is 87.5. The number of halogens is 2. The molecule has 0 aromatic carbocycles. The van der Waals surface area contributed by atoms with Gasteiger partial charge in [0.15, 0.2) is 17.3 Å². The van der Waals surface area contributed by atoms with E-state index < -0.39 is 34.3 Å². The molecule has 0 bridgehead atoms. The van der Waals surface area contributed by atoms with Crippen LogP contribution in [-0.2, 0) is 93.6 Å². The first-order valence-electron chi connectivity index (χ1n) is 43.1. The quantitative estimate of drug-likeness (QED) is 0.0121. The number of carbonyl (C=O) groups is 10. The minimum Gasteiger partial charge on any atom is -0.463 e. The predicted octanol–water partition coefficient (Wildman–Crippen LogP) is 23.6. The smallest absolute Gasteiger partial charge is 0.335 e. The Balaban J connectivity index is -0.000000130. The number of hydrogen-bond acceptors (Lipinski definition) is 21. The van der Waals surface area contributed by atoms with Crippen LogP contribution in [0.15, 0.2) is 130 Å². The number of sulfonamides is 1. The summed E-state index contributed by atoms with van der Waals surface area (Å²) >= 11 is 0. The van der Waals surface area contributed by atoms with Gasteiger partial charge in [-0.3, -0.25) is 33.6 Å². The summed E-state index contributed by atoms with van der Waals surface area (Å²) < 4.78 is 74.6. The maximum atomic E-state index is 12.3. The monoisotopic (exact) mass is 1840 g/mol. The zero-order chi connectivity index (χ0) is 105. The van der Waals surface area contributed by atoms with Crippen LogP contribution in [0.5, 0.6) is 0 Å². The molecule has 2 aromatic rings. The van der Waals surface area contributed by atoms with Crippen LogP contribution in [0.25, 0.3) is 6.08 Å². The molecule has 1 unspecified atom stereocenters. The topological polar surface area (TPSA) is 330 Å². The number of carbonyl (C=O) groups excluding carboxylic acids is 10. The van der Waals surface area contributed by atoms with Crippen molar-refractivity contribution in [2.45, 2.75) is 344 Å². The minimum atomic E-state index is -3.26. The number of Topliss-reactive ketones (excluding diaryl/α,β-unsaturated/α-hetero) is 5. The summed E-state index contributed by atoms with van der Waals surface area (Å²) in [5, 5.41) is 8.92. The van der Waals surface area contributed by atoms with Crippen molar-refractivity contribution in [3.8, 4) is 18.4 Å². The predicted molar refractivity (Wildman–Crippen MR) is 529 cm³/mol. The van der Waals surface area contributed by atoms with E-state index in [0.717, 1.165) is 35.0 Å². The highest BCUT2D eigenvalue weighted by atomic mass is 32.2. The first-order chi connectivity index (χ1) is 57.9. The molecule has 23 nitrogen and oxygen atoms in total. The van der Waals surface area contributed by atoms with E-state index in [9.17, 15) is 65.1 Å². The van der Waals surface area contributed by atoms with Crippen LogP contribution in [0.1, 0.15) is 320 Å². The largest absolute Gasteiger partial charge is 0.463 e. The minimum absolute atomic E-state index is 0.00565. The van der Waals surface area contributed by atoms with Crippen LogP contribution in [0, 0.1) is 80.0 Å². The molecular formula is C103H176F2N6O17S. The first-order valence-corrected chi connectivity index (χ1v) is 44.6. The number of imidazole rings is 1. The van der Waals surface area contributed by atoms with E-state index in [1.54, 1.807) is 107 Å². The maximum Gasteiger partial charge on any atom is 0.335 e. The van der Waals surface area contributed by atoms with Gasteiger partial charge >= 0.3 is 24.0 Å². The van der Waals surface area contributed by atoms with Gasteiger partial charge in [0.1, 0.15) is 36.0 Å². The highest BCUT2D eigenvalue weighted by Crippen LogP contribution is 2.25. The van der Waals surface area contributed by atoms with Gasteiger partial charge in [0.05, 0.1) is 62.6 Å². The van der Waals surface area contributed by atoms with Gasteiger partial charge < -0.3 is 28.3 Å². The molecule has 2 aromatic heterocycles. The summed E-state index contributed by atoms with van der Waals surface area (Å²) in [5.41, 5.74) is 2.53. The molecule has 0 fully saturated rings. The number of ketones is 7. The van der Waals surface area contributed by atoms with Crippen molar-refractivity contribution < 1.29 is 88.8 Å². The van der Waals surface area contributed by atoms with Gasteiger partial charge in [-0.15, -0.1) is 13.0 Å². The third-order valence-corrected chi connectivity index (χ3v) is 15.1. The van der Waals surface area contributed by atoms with Crippen molar-refractivity contribution >= 4 is 74.5 Å². The Morgan fingerprint density at radius 3 is 1.31 bits per heavy atom.